The second-order valence-corrected chi connectivity index (χ2v) is 6.01. The van der Waals surface area contributed by atoms with Gasteiger partial charge in [0, 0.05) is 24.6 Å². The largest absolute Gasteiger partial charge is 0.445 e. The predicted molar refractivity (Wildman–Crippen MR) is 73.3 cm³/mol. The Hall–Kier alpha value is -1.87. The third-order valence-electron chi connectivity index (χ3n) is 2.83. The van der Waals surface area contributed by atoms with E-state index < -0.39 is 0 Å². The average molecular weight is 277 g/mol. The summed E-state index contributed by atoms with van der Waals surface area (Å²) in [5, 5.41) is 8.49. The number of nitriles is 1. The monoisotopic (exact) mass is 277 g/mol. The number of carbonyl (C=O) groups excluding carboxylic acids is 1. The van der Waals surface area contributed by atoms with Crippen molar-refractivity contribution in [3.63, 3.8) is 0 Å². The predicted octanol–water partition coefficient (Wildman–Crippen LogP) is 1.92. The molecule has 1 aromatic carbocycles. The van der Waals surface area contributed by atoms with Crippen LogP contribution >= 0.6 is 0 Å². The van der Waals surface area contributed by atoms with Gasteiger partial charge >= 0.3 is 6.09 Å². The molecule has 0 aliphatic carbocycles. The Kier molecular flexibility index (Phi) is 4.93. The molecule has 19 heavy (non-hydrogen) atoms. The van der Waals surface area contributed by atoms with E-state index in [1.807, 2.05) is 36.5 Å². The van der Waals surface area contributed by atoms with Crippen LogP contribution in [0.1, 0.15) is 5.56 Å². The molecule has 1 aliphatic rings. The van der Waals surface area contributed by atoms with Crippen LogP contribution in [0, 0.1) is 11.5 Å². The molecule has 0 atom stereocenters. The van der Waals surface area contributed by atoms with Gasteiger partial charge in [0.15, 0.2) is 0 Å². The summed E-state index contributed by atoms with van der Waals surface area (Å²) in [7, 11) is -0.207. The quantitative estimate of drug-likeness (QED) is 0.776. The summed E-state index contributed by atoms with van der Waals surface area (Å²) in [6.45, 7) is 1.52. The Morgan fingerprint density at radius 1 is 1.37 bits per heavy atom. The van der Waals surface area contributed by atoms with Crippen LogP contribution in [0.2, 0.25) is 0 Å². The highest BCUT2D eigenvalue weighted by molar-refractivity contribution is 7.87. The number of benzene rings is 1. The molecule has 0 N–H and O–H groups in total. The van der Waals surface area contributed by atoms with E-state index in [1.54, 1.807) is 4.90 Å². The van der Waals surface area contributed by atoms with Crippen molar-refractivity contribution < 1.29 is 9.53 Å². The van der Waals surface area contributed by atoms with Gasteiger partial charge in [-0.05, 0) is 5.56 Å². The molecule has 1 heterocycles. The molecule has 6 heteroatoms. The van der Waals surface area contributed by atoms with E-state index in [9.17, 15) is 4.79 Å². The van der Waals surface area contributed by atoms with Gasteiger partial charge < -0.3 is 9.64 Å². The summed E-state index contributed by atoms with van der Waals surface area (Å²) in [5.41, 5.74) is 0.979. The molecule has 1 amide bonds. The molecule has 5 nitrogen and oxygen atoms in total. The minimum absolute atomic E-state index is 0.207. The SMILES string of the molecule is N#CN=S1CCN(C(=O)OCc2ccccc2)CC1. The highest BCUT2D eigenvalue weighted by Gasteiger charge is 2.20. The van der Waals surface area contributed by atoms with Crippen molar-refractivity contribution in [3.05, 3.63) is 35.9 Å². The number of hydrogen-bond donors (Lipinski definition) is 0. The first-order valence-corrected chi connectivity index (χ1v) is 7.54. The average Bonchev–Trinajstić information content (AvgIpc) is 2.47. The first kappa shape index (κ1) is 13.6. The minimum Gasteiger partial charge on any atom is -0.445 e. The number of hydrogen-bond acceptors (Lipinski definition) is 4. The zero-order chi connectivity index (χ0) is 13.5. The summed E-state index contributed by atoms with van der Waals surface area (Å²) in [4.78, 5) is 13.5. The van der Waals surface area contributed by atoms with Crippen LogP contribution in [0.3, 0.4) is 0 Å². The molecule has 0 unspecified atom stereocenters. The van der Waals surface area contributed by atoms with Gasteiger partial charge in [-0.3, -0.25) is 0 Å². The van der Waals surface area contributed by atoms with Crippen LogP contribution in [0.25, 0.3) is 0 Å². The van der Waals surface area contributed by atoms with Crippen LogP contribution in [-0.2, 0) is 22.0 Å². The Bertz CT molecular complexity index is 500. The molecule has 0 radical (unpaired) electrons. The number of ether oxygens (including phenoxy) is 1. The fourth-order valence-corrected chi connectivity index (χ4v) is 3.15. The first-order chi connectivity index (χ1) is 9.29. The molecule has 0 bridgehead atoms. The van der Waals surface area contributed by atoms with Gasteiger partial charge in [-0.1, -0.05) is 41.0 Å². The molecular formula is C13H15N3O2S. The maximum atomic E-state index is 11.8. The molecule has 1 aliphatic heterocycles. The van der Waals surface area contributed by atoms with E-state index in [0.717, 1.165) is 17.1 Å². The summed E-state index contributed by atoms with van der Waals surface area (Å²) in [5.74, 6) is 1.52. The van der Waals surface area contributed by atoms with E-state index in [-0.39, 0.29) is 16.8 Å². The molecule has 1 saturated heterocycles. The fraction of sp³-hybridized carbons (Fsp3) is 0.385. The lowest BCUT2D eigenvalue weighted by molar-refractivity contribution is 0.0996. The number of nitrogens with zero attached hydrogens (tertiary/aromatic N) is 3. The number of amides is 1. The summed E-state index contributed by atoms with van der Waals surface area (Å²) < 4.78 is 9.08. The highest BCUT2D eigenvalue weighted by Crippen LogP contribution is 2.07. The topological polar surface area (TPSA) is 65.7 Å². The van der Waals surface area contributed by atoms with Crippen LogP contribution in [0.4, 0.5) is 4.79 Å². The molecule has 0 saturated carbocycles. The highest BCUT2D eigenvalue weighted by atomic mass is 32.2. The van der Waals surface area contributed by atoms with Crippen LogP contribution < -0.4 is 0 Å². The summed E-state index contributed by atoms with van der Waals surface area (Å²) in [6.07, 6.45) is 1.54. The van der Waals surface area contributed by atoms with Gasteiger partial charge in [0.2, 0.25) is 6.19 Å². The van der Waals surface area contributed by atoms with Crippen molar-refractivity contribution in [1.29, 1.82) is 5.26 Å². The van der Waals surface area contributed by atoms with E-state index in [2.05, 4.69) is 4.36 Å². The molecule has 1 fully saturated rings. The maximum absolute atomic E-state index is 11.8. The maximum Gasteiger partial charge on any atom is 0.410 e. The fourth-order valence-electron chi connectivity index (χ4n) is 1.79. The first-order valence-electron chi connectivity index (χ1n) is 6.02. The van der Waals surface area contributed by atoms with Gasteiger partial charge in [-0.25, -0.2) is 4.79 Å². The van der Waals surface area contributed by atoms with E-state index in [4.69, 9.17) is 10.00 Å². The van der Waals surface area contributed by atoms with Crippen molar-refractivity contribution in [2.75, 3.05) is 24.6 Å². The van der Waals surface area contributed by atoms with E-state index in [1.165, 1.54) is 0 Å². The van der Waals surface area contributed by atoms with Crippen molar-refractivity contribution in [3.8, 4) is 6.19 Å². The van der Waals surface area contributed by atoms with Crippen molar-refractivity contribution in [2.24, 2.45) is 4.36 Å². The van der Waals surface area contributed by atoms with Crippen molar-refractivity contribution in [2.45, 2.75) is 6.61 Å². The zero-order valence-corrected chi connectivity index (χ0v) is 11.3. The molecule has 1 aromatic rings. The number of carbonyl (C=O) groups is 1. The van der Waals surface area contributed by atoms with Crippen molar-refractivity contribution in [1.82, 2.24) is 4.90 Å². The molecule has 100 valence electrons. The Morgan fingerprint density at radius 2 is 2.05 bits per heavy atom. The standard InChI is InChI=1S/C13H15N3O2S/c14-11-15-19-8-6-16(7-9-19)13(17)18-10-12-4-2-1-3-5-12/h1-5H,6-10H2. The van der Waals surface area contributed by atoms with Gasteiger partial charge in [-0.15, -0.1) is 0 Å². The number of rotatable bonds is 2. The second kappa shape index (κ2) is 6.90. The zero-order valence-electron chi connectivity index (χ0n) is 10.5. The lowest BCUT2D eigenvalue weighted by Crippen LogP contribution is -2.41. The van der Waals surface area contributed by atoms with Gasteiger partial charge in [-0.2, -0.15) is 9.62 Å². The van der Waals surface area contributed by atoms with Gasteiger partial charge in [0.05, 0.1) is 0 Å². The molecule has 0 spiro atoms. The van der Waals surface area contributed by atoms with Gasteiger partial charge in [0.25, 0.3) is 0 Å². The summed E-state index contributed by atoms with van der Waals surface area (Å²) in [6, 6.07) is 9.60. The third-order valence-corrected chi connectivity index (χ3v) is 4.47. The summed E-state index contributed by atoms with van der Waals surface area (Å²) >= 11 is 0. The molecular weight excluding hydrogens is 262 g/mol. The third kappa shape index (κ3) is 4.07. The Labute approximate surface area is 114 Å². The van der Waals surface area contributed by atoms with E-state index >= 15 is 0 Å². The molecule has 0 aromatic heterocycles. The minimum atomic E-state index is -0.288. The van der Waals surface area contributed by atoms with Crippen molar-refractivity contribution >= 4 is 16.8 Å². The lowest BCUT2D eigenvalue weighted by atomic mass is 10.2. The second-order valence-electron chi connectivity index (χ2n) is 4.09. The van der Waals surface area contributed by atoms with Crippen LogP contribution in [0.5, 0.6) is 0 Å². The van der Waals surface area contributed by atoms with Gasteiger partial charge in [0.1, 0.15) is 6.61 Å². The van der Waals surface area contributed by atoms with Crippen LogP contribution in [0.15, 0.2) is 34.7 Å². The lowest BCUT2D eigenvalue weighted by Gasteiger charge is -2.26. The Morgan fingerprint density at radius 3 is 2.68 bits per heavy atom. The smallest absolute Gasteiger partial charge is 0.410 e. The van der Waals surface area contributed by atoms with Crippen LogP contribution in [-0.4, -0.2) is 35.6 Å². The normalized spacial score (nSPS) is 15.6. The van der Waals surface area contributed by atoms with E-state index in [0.29, 0.717) is 19.7 Å². The molecule has 2 rings (SSSR count). The Balaban J connectivity index is 1.79.